The molecule has 2 amide bonds. The van der Waals surface area contributed by atoms with E-state index in [2.05, 4.69) is 5.32 Å². The van der Waals surface area contributed by atoms with Crippen molar-refractivity contribution in [3.8, 4) is 0 Å². The Balaban J connectivity index is 1.89. The van der Waals surface area contributed by atoms with Crippen LogP contribution in [0.4, 0.5) is 8.78 Å². The molecular formula is C18H24F2N2O2. The molecule has 0 aromatic heterocycles. The van der Waals surface area contributed by atoms with Gasteiger partial charge in [-0.1, -0.05) is 19.9 Å². The first-order valence-corrected chi connectivity index (χ1v) is 8.36. The first-order chi connectivity index (χ1) is 11.4. The highest BCUT2D eigenvalue weighted by Gasteiger charge is 2.37. The Bertz CT molecular complexity index is 611. The molecular weight excluding hydrogens is 314 g/mol. The predicted octanol–water partition coefficient (Wildman–Crippen LogP) is 3.01. The molecule has 1 saturated heterocycles. The summed E-state index contributed by atoms with van der Waals surface area (Å²) in [5.41, 5.74) is -0.316. The zero-order valence-corrected chi connectivity index (χ0v) is 14.2. The monoisotopic (exact) mass is 338 g/mol. The summed E-state index contributed by atoms with van der Waals surface area (Å²) in [6, 6.07) is 3.31. The van der Waals surface area contributed by atoms with Crippen LogP contribution in [-0.4, -0.2) is 29.8 Å². The fourth-order valence-electron chi connectivity index (χ4n) is 2.90. The molecule has 4 nitrogen and oxygen atoms in total. The van der Waals surface area contributed by atoms with Crippen LogP contribution in [0.3, 0.4) is 0 Å². The van der Waals surface area contributed by atoms with Crippen LogP contribution < -0.4 is 5.32 Å². The van der Waals surface area contributed by atoms with Crippen LogP contribution in [0.25, 0.3) is 0 Å². The van der Waals surface area contributed by atoms with E-state index in [0.29, 0.717) is 32.4 Å². The molecule has 0 bridgehead atoms. The molecule has 1 aromatic carbocycles. The molecule has 1 aliphatic heterocycles. The van der Waals surface area contributed by atoms with Gasteiger partial charge in [0.15, 0.2) is 0 Å². The quantitative estimate of drug-likeness (QED) is 0.897. The van der Waals surface area contributed by atoms with E-state index >= 15 is 0 Å². The van der Waals surface area contributed by atoms with Crippen LogP contribution in [-0.2, 0) is 16.1 Å². The lowest BCUT2D eigenvalue weighted by Crippen LogP contribution is -2.48. The first kappa shape index (κ1) is 18.4. The number of amides is 2. The highest BCUT2D eigenvalue weighted by molar-refractivity contribution is 5.83. The molecule has 1 aliphatic rings. The Labute approximate surface area is 141 Å². The van der Waals surface area contributed by atoms with Crippen molar-refractivity contribution < 1.29 is 18.4 Å². The van der Waals surface area contributed by atoms with Crippen LogP contribution in [0, 0.1) is 17.0 Å². The Morgan fingerprint density at radius 1 is 1.25 bits per heavy atom. The summed E-state index contributed by atoms with van der Waals surface area (Å²) >= 11 is 0. The van der Waals surface area contributed by atoms with E-state index in [9.17, 15) is 18.4 Å². The van der Waals surface area contributed by atoms with E-state index in [4.69, 9.17) is 0 Å². The fourth-order valence-corrected chi connectivity index (χ4v) is 2.90. The molecule has 1 N–H and O–H groups in total. The van der Waals surface area contributed by atoms with Crippen molar-refractivity contribution in [3.05, 3.63) is 35.4 Å². The maximum atomic E-state index is 13.6. The maximum absolute atomic E-state index is 13.6. The van der Waals surface area contributed by atoms with Crippen LogP contribution in [0.1, 0.15) is 45.1 Å². The lowest BCUT2D eigenvalue weighted by molar-refractivity contribution is -0.139. The highest BCUT2D eigenvalue weighted by atomic mass is 19.1. The summed E-state index contributed by atoms with van der Waals surface area (Å²) < 4.78 is 26.5. The van der Waals surface area contributed by atoms with Crippen molar-refractivity contribution in [3.63, 3.8) is 0 Å². The first-order valence-electron chi connectivity index (χ1n) is 8.36. The van der Waals surface area contributed by atoms with E-state index in [1.54, 1.807) is 4.90 Å². The van der Waals surface area contributed by atoms with Gasteiger partial charge in [0, 0.05) is 43.1 Å². The number of piperidine rings is 1. The zero-order valence-electron chi connectivity index (χ0n) is 14.2. The molecule has 0 atom stereocenters. The molecule has 132 valence electrons. The number of nitrogens with zero attached hydrogens (tertiary/aromatic N) is 1. The van der Waals surface area contributed by atoms with Crippen molar-refractivity contribution in [2.75, 3.05) is 13.1 Å². The molecule has 1 heterocycles. The lowest BCUT2D eigenvalue weighted by atomic mass is 9.79. The molecule has 6 heteroatoms. The molecule has 0 radical (unpaired) electrons. The second-order valence-electron chi connectivity index (χ2n) is 6.61. The van der Waals surface area contributed by atoms with Crippen molar-refractivity contribution in [1.82, 2.24) is 10.2 Å². The van der Waals surface area contributed by atoms with Gasteiger partial charge in [0.1, 0.15) is 11.6 Å². The molecule has 0 aliphatic carbocycles. The zero-order chi connectivity index (χ0) is 17.7. The largest absolute Gasteiger partial charge is 0.351 e. The third kappa shape index (κ3) is 4.30. The molecule has 0 saturated carbocycles. The molecule has 2 rings (SSSR count). The number of carbonyl (C=O) groups excluding carboxylic acids is 2. The molecule has 1 fully saturated rings. The summed E-state index contributed by atoms with van der Waals surface area (Å²) in [5.74, 6) is -1.33. The molecule has 24 heavy (non-hydrogen) atoms. The summed E-state index contributed by atoms with van der Waals surface area (Å²) in [4.78, 5) is 26.2. The Morgan fingerprint density at radius 3 is 2.50 bits per heavy atom. The van der Waals surface area contributed by atoms with Gasteiger partial charge in [-0.25, -0.2) is 8.78 Å². The Kier molecular flexibility index (Phi) is 5.91. The van der Waals surface area contributed by atoms with Gasteiger partial charge in [0.05, 0.1) is 0 Å². The minimum atomic E-state index is -0.666. The number of rotatable bonds is 5. The third-order valence-electron chi connectivity index (χ3n) is 4.69. The minimum absolute atomic E-state index is 0.0268. The van der Waals surface area contributed by atoms with E-state index < -0.39 is 17.0 Å². The van der Waals surface area contributed by atoms with Gasteiger partial charge in [-0.2, -0.15) is 0 Å². The summed E-state index contributed by atoms with van der Waals surface area (Å²) in [7, 11) is 0. The number of halogens is 2. The van der Waals surface area contributed by atoms with Gasteiger partial charge in [-0.3, -0.25) is 9.59 Å². The van der Waals surface area contributed by atoms with Crippen LogP contribution in [0.5, 0.6) is 0 Å². The van der Waals surface area contributed by atoms with Gasteiger partial charge < -0.3 is 10.2 Å². The number of carbonyl (C=O) groups is 2. The maximum Gasteiger partial charge on any atom is 0.226 e. The van der Waals surface area contributed by atoms with E-state index in [1.165, 1.54) is 12.1 Å². The number of benzene rings is 1. The standard InChI is InChI=1S/C18H24F2N2O2/c1-3-4-16(23)22-9-7-18(2,8-10-22)17(24)21-12-13-5-6-14(19)11-15(13)20/h5-6,11H,3-4,7-10,12H2,1-2H3,(H,21,24). The van der Waals surface area contributed by atoms with Gasteiger partial charge in [0.25, 0.3) is 0 Å². The van der Waals surface area contributed by atoms with Crippen molar-refractivity contribution in [2.24, 2.45) is 5.41 Å². The lowest BCUT2D eigenvalue weighted by Gasteiger charge is -2.38. The summed E-state index contributed by atoms with van der Waals surface area (Å²) in [6.45, 7) is 4.99. The van der Waals surface area contributed by atoms with Crippen molar-refractivity contribution in [2.45, 2.75) is 46.1 Å². The minimum Gasteiger partial charge on any atom is -0.351 e. The number of nitrogens with one attached hydrogen (secondary N) is 1. The number of hydrogen-bond acceptors (Lipinski definition) is 2. The topological polar surface area (TPSA) is 49.4 Å². The smallest absolute Gasteiger partial charge is 0.226 e. The van der Waals surface area contributed by atoms with Crippen molar-refractivity contribution >= 4 is 11.8 Å². The fraction of sp³-hybridized carbons (Fsp3) is 0.556. The summed E-state index contributed by atoms with van der Waals surface area (Å²) in [6.07, 6.45) is 2.52. The number of likely N-dealkylation sites (tertiary alicyclic amines) is 1. The van der Waals surface area contributed by atoms with Crippen LogP contribution >= 0.6 is 0 Å². The third-order valence-corrected chi connectivity index (χ3v) is 4.69. The van der Waals surface area contributed by atoms with Crippen molar-refractivity contribution in [1.29, 1.82) is 0 Å². The second kappa shape index (κ2) is 7.73. The molecule has 1 aromatic rings. The van der Waals surface area contributed by atoms with E-state index in [-0.39, 0.29) is 23.9 Å². The predicted molar refractivity (Wildman–Crippen MR) is 87.0 cm³/mol. The number of hydrogen-bond donors (Lipinski definition) is 1. The second-order valence-corrected chi connectivity index (χ2v) is 6.61. The summed E-state index contributed by atoms with van der Waals surface area (Å²) in [5, 5.41) is 2.73. The van der Waals surface area contributed by atoms with Gasteiger partial charge in [-0.05, 0) is 25.3 Å². The van der Waals surface area contributed by atoms with Gasteiger partial charge in [0.2, 0.25) is 11.8 Å². The normalized spacial score (nSPS) is 16.8. The van der Waals surface area contributed by atoms with E-state index in [1.807, 2.05) is 13.8 Å². The average molecular weight is 338 g/mol. The van der Waals surface area contributed by atoms with Crippen LogP contribution in [0.15, 0.2) is 18.2 Å². The SMILES string of the molecule is CCCC(=O)N1CCC(C)(C(=O)NCc2ccc(F)cc2F)CC1. The van der Waals surface area contributed by atoms with E-state index in [0.717, 1.165) is 12.5 Å². The van der Waals surface area contributed by atoms with Crippen LogP contribution in [0.2, 0.25) is 0 Å². The Hall–Kier alpha value is -1.98. The Morgan fingerprint density at radius 2 is 1.92 bits per heavy atom. The van der Waals surface area contributed by atoms with Gasteiger partial charge in [-0.15, -0.1) is 0 Å². The molecule has 0 unspecified atom stereocenters. The van der Waals surface area contributed by atoms with Gasteiger partial charge >= 0.3 is 0 Å². The highest BCUT2D eigenvalue weighted by Crippen LogP contribution is 2.31. The average Bonchev–Trinajstić information content (AvgIpc) is 2.54. The molecule has 0 spiro atoms.